The standard InChI is InChI=1S/C8H11N5O/c1-2-3-13-6-5(10-4-11-6)7(14)12-8(13)9/h2,4,8H,1,3,9H2,(H,10,11)(H,12,14). The van der Waals surface area contributed by atoms with Gasteiger partial charge in [0.25, 0.3) is 5.91 Å². The van der Waals surface area contributed by atoms with Gasteiger partial charge in [-0.1, -0.05) is 6.08 Å². The molecule has 0 fully saturated rings. The van der Waals surface area contributed by atoms with Gasteiger partial charge in [-0.15, -0.1) is 6.58 Å². The lowest BCUT2D eigenvalue weighted by atomic mass is 10.3. The summed E-state index contributed by atoms with van der Waals surface area (Å²) in [5.41, 5.74) is 6.16. The zero-order valence-corrected chi connectivity index (χ0v) is 7.53. The molecule has 6 heteroatoms. The van der Waals surface area contributed by atoms with Gasteiger partial charge in [0.1, 0.15) is 5.69 Å². The maximum atomic E-state index is 11.4. The Bertz CT molecular complexity index is 372. The minimum absolute atomic E-state index is 0.231. The Balaban J connectivity index is 2.40. The molecule has 2 heterocycles. The average Bonchev–Trinajstić information content (AvgIpc) is 2.60. The molecule has 6 nitrogen and oxygen atoms in total. The molecule has 1 aromatic heterocycles. The molecule has 1 unspecified atom stereocenters. The summed E-state index contributed by atoms with van der Waals surface area (Å²) >= 11 is 0. The zero-order valence-electron chi connectivity index (χ0n) is 7.53. The predicted molar refractivity (Wildman–Crippen MR) is 51.6 cm³/mol. The molecule has 0 aliphatic carbocycles. The molecule has 0 spiro atoms. The quantitative estimate of drug-likeness (QED) is 0.547. The molecule has 1 amide bonds. The molecule has 0 bridgehead atoms. The summed E-state index contributed by atoms with van der Waals surface area (Å²) < 4.78 is 0. The van der Waals surface area contributed by atoms with E-state index in [0.29, 0.717) is 18.1 Å². The SMILES string of the molecule is C=CCN1c2nc[nH]c2C(=O)NC1N. The van der Waals surface area contributed by atoms with Crippen LogP contribution in [0.1, 0.15) is 10.5 Å². The summed E-state index contributed by atoms with van der Waals surface area (Å²) in [4.78, 5) is 19.9. The van der Waals surface area contributed by atoms with Gasteiger partial charge in [-0.2, -0.15) is 0 Å². The first-order valence-electron chi connectivity index (χ1n) is 4.21. The molecule has 1 aromatic rings. The van der Waals surface area contributed by atoms with Crippen LogP contribution in [0.3, 0.4) is 0 Å². The van der Waals surface area contributed by atoms with Crippen molar-refractivity contribution in [2.75, 3.05) is 11.4 Å². The van der Waals surface area contributed by atoms with Crippen LogP contribution in [0.5, 0.6) is 0 Å². The highest BCUT2D eigenvalue weighted by molar-refractivity contribution is 5.99. The number of carbonyl (C=O) groups is 1. The lowest BCUT2D eigenvalue weighted by Crippen LogP contribution is -2.58. The van der Waals surface area contributed by atoms with Crippen molar-refractivity contribution in [1.29, 1.82) is 0 Å². The highest BCUT2D eigenvalue weighted by Gasteiger charge is 2.29. The van der Waals surface area contributed by atoms with Crippen molar-refractivity contribution in [2.24, 2.45) is 5.73 Å². The van der Waals surface area contributed by atoms with Crippen molar-refractivity contribution in [3.05, 3.63) is 24.7 Å². The van der Waals surface area contributed by atoms with Crippen LogP contribution in [0.25, 0.3) is 0 Å². The van der Waals surface area contributed by atoms with Gasteiger partial charge in [-0.05, 0) is 0 Å². The van der Waals surface area contributed by atoms with E-state index in [0.717, 1.165) is 0 Å². The lowest BCUT2D eigenvalue weighted by molar-refractivity contribution is 0.0924. The van der Waals surface area contributed by atoms with Gasteiger partial charge in [0.2, 0.25) is 0 Å². The normalized spacial score (nSPS) is 20.2. The number of aromatic amines is 1. The number of nitrogens with two attached hydrogens (primary N) is 1. The molecule has 14 heavy (non-hydrogen) atoms. The molecule has 74 valence electrons. The van der Waals surface area contributed by atoms with E-state index in [1.165, 1.54) is 6.33 Å². The molecule has 4 N–H and O–H groups in total. The lowest BCUT2D eigenvalue weighted by Gasteiger charge is -2.32. The molecule has 0 saturated heterocycles. The summed E-state index contributed by atoms with van der Waals surface area (Å²) in [5, 5.41) is 2.60. The Morgan fingerprint density at radius 2 is 2.57 bits per heavy atom. The number of hydrogen-bond donors (Lipinski definition) is 3. The Morgan fingerprint density at radius 1 is 1.79 bits per heavy atom. The Hall–Kier alpha value is -1.82. The van der Waals surface area contributed by atoms with E-state index in [4.69, 9.17) is 5.73 Å². The zero-order chi connectivity index (χ0) is 10.1. The smallest absolute Gasteiger partial charge is 0.274 e. The molecule has 2 rings (SSSR count). The van der Waals surface area contributed by atoms with Gasteiger partial charge in [0, 0.05) is 6.54 Å². The minimum Gasteiger partial charge on any atom is -0.339 e. The maximum Gasteiger partial charge on any atom is 0.274 e. The van der Waals surface area contributed by atoms with Crippen molar-refractivity contribution in [2.45, 2.75) is 6.29 Å². The van der Waals surface area contributed by atoms with E-state index in [9.17, 15) is 4.79 Å². The number of fused-ring (bicyclic) bond motifs is 1. The van der Waals surface area contributed by atoms with Crippen LogP contribution in [-0.2, 0) is 0 Å². The third kappa shape index (κ3) is 1.16. The highest BCUT2D eigenvalue weighted by atomic mass is 16.2. The third-order valence-electron chi connectivity index (χ3n) is 2.06. The van der Waals surface area contributed by atoms with E-state index < -0.39 is 6.29 Å². The maximum absolute atomic E-state index is 11.4. The number of nitrogens with one attached hydrogen (secondary N) is 2. The summed E-state index contributed by atoms with van der Waals surface area (Å²) in [7, 11) is 0. The van der Waals surface area contributed by atoms with Gasteiger partial charge in [0.05, 0.1) is 6.33 Å². The van der Waals surface area contributed by atoms with Gasteiger partial charge in [0.15, 0.2) is 12.1 Å². The number of carbonyl (C=O) groups excluding carboxylic acids is 1. The van der Waals surface area contributed by atoms with E-state index >= 15 is 0 Å². The summed E-state index contributed by atoms with van der Waals surface area (Å²) in [6, 6.07) is 0. The molecular weight excluding hydrogens is 182 g/mol. The van der Waals surface area contributed by atoms with E-state index in [1.807, 2.05) is 0 Å². The van der Waals surface area contributed by atoms with Crippen molar-refractivity contribution >= 4 is 11.7 Å². The second-order valence-electron chi connectivity index (χ2n) is 2.96. The number of rotatable bonds is 2. The summed E-state index contributed by atoms with van der Waals surface area (Å²) in [6.07, 6.45) is 2.63. The number of amides is 1. The van der Waals surface area contributed by atoms with Crippen LogP contribution in [0.15, 0.2) is 19.0 Å². The molecule has 1 aliphatic heterocycles. The largest absolute Gasteiger partial charge is 0.339 e. The molecule has 0 radical (unpaired) electrons. The third-order valence-corrected chi connectivity index (χ3v) is 2.06. The van der Waals surface area contributed by atoms with Gasteiger partial charge >= 0.3 is 0 Å². The first-order chi connectivity index (χ1) is 6.74. The van der Waals surface area contributed by atoms with Crippen LogP contribution in [0.4, 0.5) is 5.82 Å². The molecular formula is C8H11N5O. The van der Waals surface area contributed by atoms with Crippen molar-refractivity contribution in [3.63, 3.8) is 0 Å². The Labute approximate surface area is 80.8 Å². The monoisotopic (exact) mass is 193 g/mol. The number of aromatic nitrogens is 2. The Kier molecular flexibility index (Phi) is 1.97. The fourth-order valence-corrected chi connectivity index (χ4v) is 1.43. The number of hydrogen-bond acceptors (Lipinski definition) is 4. The first-order valence-corrected chi connectivity index (χ1v) is 4.21. The second-order valence-corrected chi connectivity index (χ2v) is 2.96. The second kappa shape index (κ2) is 3.15. The van der Waals surface area contributed by atoms with Gasteiger partial charge < -0.3 is 15.2 Å². The highest BCUT2D eigenvalue weighted by Crippen LogP contribution is 2.20. The average molecular weight is 193 g/mol. The topological polar surface area (TPSA) is 87.0 Å². The number of nitrogens with zero attached hydrogens (tertiary/aromatic N) is 2. The number of imidazole rings is 1. The summed E-state index contributed by atoms with van der Waals surface area (Å²) in [6.45, 7) is 4.16. The van der Waals surface area contributed by atoms with Crippen molar-refractivity contribution in [3.8, 4) is 0 Å². The fourth-order valence-electron chi connectivity index (χ4n) is 1.43. The molecule has 0 saturated carbocycles. The molecule has 1 aliphatic rings. The van der Waals surface area contributed by atoms with Crippen LogP contribution in [-0.4, -0.2) is 28.7 Å². The summed E-state index contributed by atoms with van der Waals surface area (Å²) in [5.74, 6) is 0.339. The number of H-pyrrole nitrogens is 1. The molecule has 1 atom stereocenters. The van der Waals surface area contributed by atoms with Crippen LogP contribution in [0.2, 0.25) is 0 Å². The predicted octanol–water partition coefficient (Wildman–Crippen LogP) is -0.612. The van der Waals surface area contributed by atoms with E-state index in [1.54, 1.807) is 11.0 Å². The first kappa shape index (κ1) is 8.76. The fraction of sp³-hybridized carbons (Fsp3) is 0.250. The minimum atomic E-state index is -0.545. The molecule has 0 aromatic carbocycles. The number of anilines is 1. The Morgan fingerprint density at radius 3 is 3.29 bits per heavy atom. The van der Waals surface area contributed by atoms with Gasteiger partial charge in [-0.3, -0.25) is 10.5 Å². The van der Waals surface area contributed by atoms with E-state index in [2.05, 4.69) is 21.9 Å². The van der Waals surface area contributed by atoms with E-state index in [-0.39, 0.29) is 5.91 Å². The van der Waals surface area contributed by atoms with Crippen LogP contribution in [0, 0.1) is 0 Å². The van der Waals surface area contributed by atoms with Gasteiger partial charge in [-0.25, -0.2) is 4.98 Å². The van der Waals surface area contributed by atoms with Crippen LogP contribution >= 0.6 is 0 Å². The van der Waals surface area contributed by atoms with Crippen molar-refractivity contribution in [1.82, 2.24) is 15.3 Å². The van der Waals surface area contributed by atoms with Crippen LogP contribution < -0.4 is 16.0 Å². The van der Waals surface area contributed by atoms with Crippen molar-refractivity contribution < 1.29 is 4.79 Å².